The average Bonchev–Trinajstić information content (AvgIpc) is 2.56. The van der Waals surface area contributed by atoms with Crippen molar-refractivity contribution in [3.63, 3.8) is 0 Å². The highest BCUT2D eigenvalue weighted by Gasteiger charge is 2.21. The van der Waals surface area contributed by atoms with Crippen molar-refractivity contribution >= 4 is 25.8 Å². The zero-order valence-electron chi connectivity index (χ0n) is 10.4. The Morgan fingerprint density at radius 3 is 2.37 bits per heavy atom. The first-order chi connectivity index (χ1) is 8.81. The van der Waals surface area contributed by atoms with Gasteiger partial charge in [-0.15, -0.1) is 0 Å². The van der Waals surface area contributed by atoms with Crippen LogP contribution in [0.25, 0.3) is 0 Å². The van der Waals surface area contributed by atoms with E-state index in [0.29, 0.717) is 10.2 Å². The Labute approximate surface area is 119 Å². The third-order valence-electron chi connectivity index (χ3n) is 2.76. The van der Waals surface area contributed by atoms with Gasteiger partial charge in [-0.1, -0.05) is 0 Å². The molecule has 0 fully saturated rings. The Balaban J connectivity index is 2.39. The number of hydrogen-bond acceptors (Lipinski definition) is 3. The minimum Gasteiger partial charge on any atom is -0.270 e. The summed E-state index contributed by atoms with van der Waals surface area (Å²) in [4.78, 5) is 0.0969. The summed E-state index contributed by atoms with van der Waals surface area (Å²) in [6.45, 7) is 1.79. The summed E-state index contributed by atoms with van der Waals surface area (Å²) >= 11 is 3.33. The van der Waals surface area contributed by atoms with Gasteiger partial charge < -0.3 is 0 Å². The minimum atomic E-state index is -3.52. The van der Waals surface area contributed by atoms with Crippen LogP contribution in [0.2, 0.25) is 0 Å². The molecule has 0 N–H and O–H groups in total. The third kappa shape index (κ3) is 2.87. The lowest BCUT2D eigenvalue weighted by Crippen LogP contribution is -2.09. The normalized spacial score (nSPS) is 11.8. The van der Waals surface area contributed by atoms with Gasteiger partial charge in [0.15, 0.2) is 9.84 Å². The van der Waals surface area contributed by atoms with E-state index in [4.69, 9.17) is 0 Å². The molecule has 0 saturated carbocycles. The van der Waals surface area contributed by atoms with Crippen LogP contribution in [0.4, 0.5) is 4.39 Å². The molecule has 102 valence electrons. The predicted molar refractivity (Wildman–Crippen MR) is 72.9 cm³/mol. The number of hydrogen-bond donors (Lipinski definition) is 0. The Morgan fingerprint density at radius 2 is 1.89 bits per heavy atom. The van der Waals surface area contributed by atoms with Crippen LogP contribution >= 0.6 is 15.9 Å². The van der Waals surface area contributed by atoms with Crippen LogP contribution in [0.3, 0.4) is 0 Å². The number of halogens is 2. The molecule has 19 heavy (non-hydrogen) atoms. The van der Waals surface area contributed by atoms with Crippen LogP contribution in [0.1, 0.15) is 11.4 Å². The van der Waals surface area contributed by atoms with Crippen LogP contribution in [0.15, 0.2) is 33.6 Å². The largest absolute Gasteiger partial charge is 0.270 e. The molecule has 0 radical (unpaired) electrons. The fraction of sp³-hybridized carbons (Fsp3) is 0.250. The second-order valence-corrected chi connectivity index (χ2v) is 6.97. The average molecular weight is 347 g/mol. The van der Waals surface area contributed by atoms with E-state index in [1.54, 1.807) is 14.0 Å². The highest BCUT2D eigenvalue weighted by molar-refractivity contribution is 9.10. The SMILES string of the molecule is Cc1nn(C)c(CS(=O)(=O)c2ccc(F)cc2)c1Br. The van der Waals surface area contributed by atoms with Crippen LogP contribution in [-0.4, -0.2) is 18.2 Å². The van der Waals surface area contributed by atoms with Crippen molar-refractivity contribution in [2.75, 3.05) is 0 Å². The topological polar surface area (TPSA) is 52.0 Å². The Kier molecular flexibility index (Phi) is 3.78. The molecule has 0 aliphatic heterocycles. The van der Waals surface area contributed by atoms with Crippen LogP contribution < -0.4 is 0 Å². The fourth-order valence-electron chi connectivity index (χ4n) is 1.74. The van der Waals surface area contributed by atoms with E-state index in [-0.39, 0.29) is 10.6 Å². The monoisotopic (exact) mass is 346 g/mol. The molecule has 1 aromatic carbocycles. The molecule has 1 aromatic heterocycles. The number of benzene rings is 1. The first kappa shape index (κ1) is 14.2. The lowest BCUT2D eigenvalue weighted by molar-refractivity contribution is 0.590. The van der Waals surface area contributed by atoms with E-state index in [0.717, 1.165) is 17.8 Å². The van der Waals surface area contributed by atoms with Gasteiger partial charge in [-0.3, -0.25) is 4.68 Å². The third-order valence-corrected chi connectivity index (χ3v) is 5.44. The summed E-state index contributed by atoms with van der Waals surface area (Å²) in [5.74, 6) is -0.646. The van der Waals surface area contributed by atoms with Crippen molar-refractivity contribution in [1.29, 1.82) is 0 Å². The Bertz CT molecular complexity index is 708. The zero-order valence-corrected chi connectivity index (χ0v) is 12.8. The van der Waals surface area contributed by atoms with Crippen molar-refractivity contribution in [1.82, 2.24) is 9.78 Å². The van der Waals surface area contributed by atoms with Crippen LogP contribution in [0.5, 0.6) is 0 Å². The van der Waals surface area contributed by atoms with Crippen molar-refractivity contribution in [3.8, 4) is 0 Å². The van der Waals surface area contributed by atoms with E-state index >= 15 is 0 Å². The summed E-state index contributed by atoms with van der Waals surface area (Å²) < 4.78 is 39.5. The number of aryl methyl sites for hydroxylation is 2. The first-order valence-corrected chi connectivity index (χ1v) is 7.92. The molecule has 0 atom stereocenters. The molecular formula is C12H12BrFN2O2S. The van der Waals surface area contributed by atoms with E-state index in [1.165, 1.54) is 16.8 Å². The molecule has 1 heterocycles. The maximum atomic E-state index is 12.8. The minimum absolute atomic E-state index is 0.0969. The quantitative estimate of drug-likeness (QED) is 0.802. The highest BCUT2D eigenvalue weighted by Crippen LogP contribution is 2.25. The summed E-state index contributed by atoms with van der Waals surface area (Å²) in [7, 11) is -1.83. The molecule has 7 heteroatoms. The molecule has 0 spiro atoms. The molecule has 0 aliphatic rings. The molecule has 0 saturated heterocycles. The maximum absolute atomic E-state index is 12.8. The smallest absolute Gasteiger partial charge is 0.184 e. The molecule has 2 rings (SSSR count). The summed E-state index contributed by atoms with van der Waals surface area (Å²) in [6, 6.07) is 4.80. The van der Waals surface area contributed by atoms with Crippen molar-refractivity contribution in [2.24, 2.45) is 7.05 Å². The van der Waals surface area contributed by atoms with Gasteiger partial charge in [0, 0.05) is 7.05 Å². The van der Waals surface area contributed by atoms with E-state index in [9.17, 15) is 12.8 Å². The second kappa shape index (κ2) is 5.05. The van der Waals surface area contributed by atoms with Crippen molar-refractivity contribution < 1.29 is 12.8 Å². The lowest BCUT2D eigenvalue weighted by Gasteiger charge is -2.05. The Hall–Kier alpha value is -1.21. The number of rotatable bonds is 3. The van der Waals surface area contributed by atoms with E-state index in [2.05, 4.69) is 21.0 Å². The number of aromatic nitrogens is 2. The van der Waals surface area contributed by atoms with Gasteiger partial charge in [-0.05, 0) is 47.1 Å². The summed E-state index contributed by atoms with van der Waals surface area (Å²) in [5, 5.41) is 4.15. The van der Waals surface area contributed by atoms with Gasteiger partial charge in [0.25, 0.3) is 0 Å². The number of sulfone groups is 1. The number of nitrogens with zero attached hydrogens (tertiary/aromatic N) is 2. The van der Waals surface area contributed by atoms with Crippen LogP contribution in [-0.2, 0) is 22.6 Å². The molecule has 2 aromatic rings. The molecule has 0 amide bonds. The highest BCUT2D eigenvalue weighted by atomic mass is 79.9. The Morgan fingerprint density at radius 1 is 1.32 bits per heavy atom. The molecule has 4 nitrogen and oxygen atoms in total. The fourth-order valence-corrected chi connectivity index (χ4v) is 3.81. The van der Waals surface area contributed by atoms with Gasteiger partial charge in [0.2, 0.25) is 0 Å². The van der Waals surface area contributed by atoms with Crippen molar-refractivity contribution in [3.05, 3.63) is 45.9 Å². The molecule has 0 bridgehead atoms. The lowest BCUT2D eigenvalue weighted by atomic mass is 10.3. The van der Waals surface area contributed by atoms with Gasteiger partial charge in [0.1, 0.15) is 5.82 Å². The molecular weight excluding hydrogens is 335 g/mol. The van der Waals surface area contributed by atoms with Crippen LogP contribution in [0, 0.1) is 12.7 Å². The first-order valence-electron chi connectivity index (χ1n) is 5.47. The van der Waals surface area contributed by atoms with Gasteiger partial charge in [-0.2, -0.15) is 5.10 Å². The molecule has 0 unspecified atom stereocenters. The second-order valence-electron chi connectivity index (χ2n) is 4.18. The predicted octanol–water partition coefficient (Wildman–Crippen LogP) is 2.60. The zero-order chi connectivity index (χ0) is 14.2. The summed E-state index contributed by atoms with van der Waals surface area (Å²) in [6.07, 6.45) is 0. The van der Waals surface area contributed by atoms with Gasteiger partial charge >= 0.3 is 0 Å². The van der Waals surface area contributed by atoms with Crippen molar-refractivity contribution in [2.45, 2.75) is 17.6 Å². The standard InChI is InChI=1S/C12H12BrFN2O2S/c1-8-12(13)11(16(2)15-8)7-19(17,18)10-5-3-9(14)4-6-10/h3-6H,7H2,1-2H3. The van der Waals surface area contributed by atoms with E-state index in [1.807, 2.05) is 0 Å². The summed E-state index contributed by atoms with van der Waals surface area (Å²) in [5.41, 5.74) is 1.30. The molecule has 0 aliphatic carbocycles. The maximum Gasteiger partial charge on any atom is 0.184 e. The van der Waals surface area contributed by atoms with Gasteiger partial charge in [0.05, 0.1) is 26.5 Å². The van der Waals surface area contributed by atoms with E-state index < -0.39 is 15.7 Å². The van der Waals surface area contributed by atoms with Gasteiger partial charge in [-0.25, -0.2) is 12.8 Å².